The maximum Gasteiger partial charge on any atom is 0.150 e. The summed E-state index contributed by atoms with van der Waals surface area (Å²) in [4.78, 5) is 6.81. The molecule has 0 unspecified atom stereocenters. The molecule has 0 amide bonds. The predicted molar refractivity (Wildman–Crippen MR) is 145 cm³/mol. The number of aromatic amines is 2. The maximum atomic E-state index is 6.40. The van der Waals surface area contributed by atoms with Gasteiger partial charge in [-0.15, -0.1) is 0 Å². The molecule has 2 aromatic heterocycles. The van der Waals surface area contributed by atoms with Crippen LogP contribution in [-0.2, 0) is 0 Å². The van der Waals surface area contributed by atoms with Crippen molar-refractivity contribution in [1.29, 1.82) is 0 Å². The average molecular weight is 498 g/mol. The van der Waals surface area contributed by atoms with Gasteiger partial charge >= 0.3 is 0 Å². The minimum absolute atomic E-state index is 0.105. The number of hydrogen-bond acceptors (Lipinski definition) is 2. The van der Waals surface area contributed by atoms with Gasteiger partial charge in [-0.1, -0.05) is 47.5 Å². The summed E-state index contributed by atoms with van der Waals surface area (Å²) in [6.45, 7) is 0. The fourth-order valence-corrected chi connectivity index (χ4v) is 5.04. The monoisotopic (exact) mass is 497 g/mol. The highest BCUT2D eigenvalue weighted by molar-refractivity contribution is 6.31. The summed E-state index contributed by atoms with van der Waals surface area (Å²) in [7, 11) is 0. The zero-order valence-electron chi connectivity index (χ0n) is 18.6. The number of nitrogen functional groups attached to an aromatic ring is 1. The largest absolute Gasteiger partial charge is 0.455 e. The third-order valence-corrected chi connectivity index (χ3v) is 6.78. The lowest BCUT2D eigenvalue weighted by atomic mass is 9.84. The van der Waals surface area contributed by atoms with Crippen LogP contribution >= 0.6 is 23.2 Å². The van der Waals surface area contributed by atoms with Gasteiger partial charge < -0.3 is 20.4 Å². The zero-order chi connectivity index (χ0) is 23.9. The second-order valence-corrected chi connectivity index (χ2v) is 9.39. The Morgan fingerprint density at radius 1 is 0.686 bits per heavy atom. The molecular weight excluding hydrogens is 477 g/mol. The summed E-state index contributed by atoms with van der Waals surface area (Å²) in [5.41, 5.74) is 12.0. The molecule has 4 aromatic carbocycles. The molecule has 172 valence electrons. The number of benzene rings is 4. The van der Waals surface area contributed by atoms with Crippen molar-refractivity contribution in [3.05, 3.63) is 124 Å². The van der Waals surface area contributed by atoms with E-state index < -0.39 is 0 Å². The van der Waals surface area contributed by atoms with Gasteiger partial charge in [0.25, 0.3) is 0 Å². The number of nitrogens with one attached hydrogen (secondary N) is 2. The molecule has 35 heavy (non-hydrogen) atoms. The Bertz CT molecular complexity index is 1600. The van der Waals surface area contributed by atoms with Gasteiger partial charge in [-0.05, 0) is 77.4 Å². The van der Waals surface area contributed by atoms with Gasteiger partial charge in [0.05, 0.1) is 5.69 Å². The molecule has 0 fully saturated rings. The van der Waals surface area contributed by atoms with E-state index in [-0.39, 0.29) is 5.92 Å². The first kappa shape index (κ1) is 21.7. The lowest BCUT2D eigenvalue weighted by molar-refractivity contribution is 0.484. The van der Waals surface area contributed by atoms with Crippen molar-refractivity contribution < 1.29 is 4.74 Å². The van der Waals surface area contributed by atoms with Crippen molar-refractivity contribution in [2.45, 2.75) is 5.92 Å². The third-order valence-electron chi connectivity index (χ3n) is 6.31. The molecule has 0 bridgehead atoms. The number of anilines is 1. The van der Waals surface area contributed by atoms with E-state index in [2.05, 4.69) is 34.5 Å². The zero-order valence-corrected chi connectivity index (χ0v) is 20.1. The molecule has 0 aliphatic heterocycles. The van der Waals surface area contributed by atoms with E-state index >= 15 is 0 Å². The van der Waals surface area contributed by atoms with Crippen LogP contribution in [0.25, 0.3) is 21.8 Å². The first-order chi connectivity index (χ1) is 17.1. The number of fused-ring (bicyclic) bond motifs is 2. The molecule has 0 atom stereocenters. The van der Waals surface area contributed by atoms with Gasteiger partial charge in [0, 0.05) is 50.2 Å². The van der Waals surface area contributed by atoms with E-state index in [9.17, 15) is 0 Å². The number of ether oxygens (including phenoxy) is 1. The van der Waals surface area contributed by atoms with Crippen molar-refractivity contribution in [2.75, 3.05) is 5.73 Å². The van der Waals surface area contributed by atoms with E-state index in [0.717, 1.165) is 38.5 Å². The standard InChI is InChI=1S/C29H21Cl2N3O/c30-18-8-10-26-21(13-18)23(15-33-26)29(24-16-34-27-11-9-19(31)14-22(24)27)17-4-3-5-20(12-17)35-28-7-2-1-6-25(28)32/h1-16,29,33-34H,32H2. The van der Waals surface area contributed by atoms with E-state index in [1.807, 2.05) is 72.8 Å². The summed E-state index contributed by atoms with van der Waals surface area (Å²) in [5, 5.41) is 3.52. The van der Waals surface area contributed by atoms with Gasteiger partial charge in [0.15, 0.2) is 0 Å². The number of rotatable bonds is 5. The van der Waals surface area contributed by atoms with Crippen LogP contribution in [0.5, 0.6) is 11.5 Å². The number of para-hydroxylation sites is 2. The normalized spacial score (nSPS) is 11.5. The smallest absolute Gasteiger partial charge is 0.150 e. The Morgan fingerprint density at radius 3 is 1.94 bits per heavy atom. The second kappa shape index (κ2) is 8.73. The van der Waals surface area contributed by atoms with Crippen molar-refractivity contribution in [2.24, 2.45) is 0 Å². The molecule has 6 heteroatoms. The summed E-state index contributed by atoms with van der Waals surface area (Å²) in [5.74, 6) is 1.23. The minimum Gasteiger partial charge on any atom is -0.455 e. The molecule has 6 aromatic rings. The quantitative estimate of drug-likeness (QED) is 0.209. The fraction of sp³-hybridized carbons (Fsp3) is 0.0345. The predicted octanol–water partition coefficient (Wildman–Crippen LogP) is 8.51. The third kappa shape index (κ3) is 4.01. The molecule has 0 aliphatic carbocycles. The summed E-state index contributed by atoms with van der Waals surface area (Å²) < 4.78 is 6.17. The van der Waals surface area contributed by atoms with Gasteiger partial charge in [0.2, 0.25) is 0 Å². The number of hydrogen-bond donors (Lipinski definition) is 3. The second-order valence-electron chi connectivity index (χ2n) is 8.51. The highest BCUT2D eigenvalue weighted by atomic mass is 35.5. The van der Waals surface area contributed by atoms with E-state index in [4.69, 9.17) is 33.7 Å². The topological polar surface area (TPSA) is 66.8 Å². The highest BCUT2D eigenvalue weighted by Gasteiger charge is 2.24. The van der Waals surface area contributed by atoms with Gasteiger partial charge in [-0.25, -0.2) is 0 Å². The number of nitrogens with two attached hydrogens (primary N) is 1. The molecule has 4 nitrogen and oxygen atoms in total. The number of halogens is 2. The van der Waals surface area contributed by atoms with Gasteiger partial charge in [0.1, 0.15) is 11.5 Å². The summed E-state index contributed by atoms with van der Waals surface area (Å²) in [6, 6.07) is 27.4. The van der Waals surface area contributed by atoms with Crippen LogP contribution in [0.15, 0.2) is 97.3 Å². The van der Waals surface area contributed by atoms with Crippen LogP contribution in [0, 0.1) is 0 Å². The first-order valence-corrected chi connectivity index (χ1v) is 12.0. The molecular formula is C29H21Cl2N3O. The molecule has 2 heterocycles. The first-order valence-electron chi connectivity index (χ1n) is 11.2. The van der Waals surface area contributed by atoms with Crippen LogP contribution in [0.2, 0.25) is 10.0 Å². The van der Waals surface area contributed by atoms with E-state index in [0.29, 0.717) is 27.2 Å². The maximum absolute atomic E-state index is 6.40. The molecule has 0 aliphatic rings. The van der Waals surface area contributed by atoms with Gasteiger partial charge in [-0.3, -0.25) is 0 Å². The Morgan fingerprint density at radius 2 is 1.31 bits per heavy atom. The van der Waals surface area contributed by atoms with Crippen LogP contribution in [-0.4, -0.2) is 9.97 Å². The fourth-order valence-electron chi connectivity index (χ4n) is 4.69. The lowest BCUT2D eigenvalue weighted by Gasteiger charge is -2.19. The average Bonchev–Trinajstić information content (AvgIpc) is 3.45. The van der Waals surface area contributed by atoms with Crippen molar-refractivity contribution >= 4 is 50.7 Å². The highest BCUT2D eigenvalue weighted by Crippen LogP contribution is 2.41. The Hall–Kier alpha value is -3.86. The Kier molecular flexibility index (Phi) is 5.40. The molecule has 0 spiro atoms. The van der Waals surface area contributed by atoms with Crippen molar-refractivity contribution in [3.63, 3.8) is 0 Å². The molecule has 0 radical (unpaired) electrons. The van der Waals surface area contributed by atoms with Crippen molar-refractivity contribution in [1.82, 2.24) is 9.97 Å². The van der Waals surface area contributed by atoms with Crippen LogP contribution in [0.1, 0.15) is 22.6 Å². The summed E-state index contributed by atoms with van der Waals surface area (Å²) >= 11 is 12.8. The van der Waals surface area contributed by atoms with E-state index in [1.165, 1.54) is 0 Å². The molecule has 4 N–H and O–H groups in total. The van der Waals surface area contributed by atoms with E-state index in [1.54, 1.807) is 0 Å². The Balaban J connectivity index is 1.54. The molecule has 0 saturated carbocycles. The number of aromatic nitrogens is 2. The van der Waals surface area contributed by atoms with Crippen LogP contribution in [0.3, 0.4) is 0 Å². The Labute approximate surface area is 212 Å². The molecule has 0 saturated heterocycles. The van der Waals surface area contributed by atoms with Crippen molar-refractivity contribution in [3.8, 4) is 11.5 Å². The molecule has 6 rings (SSSR count). The minimum atomic E-state index is -0.105. The summed E-state index contributed by atoms with van der Waals surface area (Å²) in [6.07, 6.45) is 4.11. The van der Waals surface area contributed by atoms with Crippen LogP contribution < -0.4 is 10.5 Å². The lowest BCUT2D eigenvalue weighted by Crippen LogP contribution is -2.03. The number of H-pyrrole nitrogens is 2. The SMILES string of the molecule is Nc1ccccc1Oc1cccc(C(c2c[nH]c3ccc(Cl)cc23)c2c[nH]c3ccc(Cl)cc23)c1. The van der Waals surface area contributed by atoms with Gasteiger partial charge in [-0.2, -0.15) is 0 Å². The van der Waals surface area contributed by atoms with Crippen LogP contribution in [0.4, 0.5) is 5.69 Å².